The van der Waals surface area contributed by atoms with Crippen molar-refractivity contribution in [1.29, 1.82) is 0 Å². The molecule has 18 heavy (non-hydrogen) atoms. The number of rotatable bonds is 2. The van der Waals surface area contributed by atoms with Crippen LogP contribution in [0.3, 0.4) is 0 Å². The van der Waals surface area contributed by atoms with Crippen molar-refractivity contribution in [3.8, 4) is 0 Å². The Morgan fingerprint density at radius 1 is 1.17 bits per heavy atom. The van der Waals surface area contributed by atoms with Gasteiger partial charge < -0.3 is 9.52 Å². The van der Waals surface area contributed by atoms with E-state index in [1.54, 1.807) is 12.3 Å². The van der Waals surface area contributed by atoms with Crippen LogP contribution < -0.4 is 0 Å². The Morgan fingerprint density at radius 3 is 2.67 bits per heavy atom. The van der Waals surface area contributed by atoms with Gasteiger partial charge in [-0.25, -0.2) is 4.98 Å². The molecule has 0 bridgehead atoms. The van der Waals surface area contributed by atoms with Crippen LogP contribution in [0.5, 0.6) is 0 Å². The SMILES string of the molecule is OC(c1cnc2ccccc2n1)c1occc1Br. The first-order valence-corrected chi connectivity index (χ1v) is 6.17. The van der Waals surface area contributed by atoms with Crippen LogP contribution in [0.4, 0.5) is 0 Å². The number of furan rings is 1. The average molecular weight is 305 g/mol. The quantitative estimate of drug-likeness (QED) is 0.790. The summed E-state index contributed by atoms with van der Waals surface area (Å²) < 4.78 is 5.94. The second-order valence-electron chi connectivity index (χ2n) is 3.82. The maximum Gasteiger partial charge on any atom is 0.156 e. The minimum absolute atomic E-state index is 0.430. The summed E-state index contributed by atoms with van der Waals surface area (Å²) in [5.74, 6) is 0.430. The smallest absolute Gasteiger partial charge is 0.156 e. The third-order valence-corrected chi connectivity index (χ3v) is 3.30. The van der Waals surface area contributed by atoms with E-state index in [2.05, 4.69) is 25.9 Å². The normalized spacial score (nSPS) is 12.8. The highest BCUT2D eigenvalue weighted by atomic mass is 79.9. The molecule has 1 aromatic carbocycles. The van der Waals surface area contributed by atoms with E-state index in [0.29, 0.717) is 15.9 Å². The molecule has 0 aliphatic carbocycles. The molecule has 2 heterocycles. The van der Waals surface area contributed by atoms with Crippen LogP contribution in [0.2, 0.25) is 0 Å². The van der Waals surface area contributed by atoms with Crippen LogP contribution in [0.1, 0.15) is 17.6 Å². The summed E-state index contributed by atoms with van der Waals surface area (Å²) in [5.41, 5.74) is 2.01. The fourth-order valence-corrected chi connectivity index (χ4v) is 2.16. The average Bonchev–Trinajstić information content (AvgIpc) is 2.83. The van der Waals surface area contributed by atoms with Crippen molar-refractivity contribution in [3.63, 3.8) is 0 Å². The van der Waals surface area contributed by atoms with Crippen molar-refractivity contribution in [1.82, 2.24) is 9.97 Å². The van der Waals surface area contributed by atoms with Crippen LogP contribution in [0.15, 0.2) is 51.7 Å². The summed E-state index contributed by atoms with van der Waals surface area (Å²) in [4.78, 5) is 8.64. The van der Waals surface area contributed by atoms with Crippen molar-refractivity contribution in [2.75, 3.05) is 0 Å². The molecule has 3 rings (SSSR count). The molecule has 1 atom stereocenters. The van der Waals surface area contributed by atoms with E-state index in [0.717, 1.165) is 11.0 Å². The molecule has 0 amide bonds. The number of hydrogen-bond acceptors (Lipinski definition) is 4. The van der Waals surface area contributed by atoms with Crippen LogP contribution in [0, 0.1) is 0 Å². The second-order valence-corrected chi connectivity index (χ2v) is 4.67. The molecule has 90 valence electrons. The number of hydrogen-bond donors (Lipinski definition) is 1. The lowest BCUT2D eigenvalue weighted by atomic mass is 10.2. The largest absolute Gasteiger partial charge is 0.465 e. The van der Waals surface area contributed by atoms with Crippen molar-refractivity contribution in [2.24, 2.45) is 0 Å². The molecule has 4 nitrogen and oxygen atoms in total. The Kier molecular flexibility index (Phi) is 2.85. The number of para-hydroxylation sites is 2. The lowest BCUT2D eigenvalue weighted by Crippen LogP contribution is -2.03. The van der Waals surface area contributed by atoms with Gasteiger partial charge in [-0.15, -0.1) is 0 Å². The van der Waals surface area contributed by atoms with Gasteiger partial charge in [-0.2, -0.15) is 0 Å². The monoisotopic (exact) mass is 304 g/mol. The fourth-order valence-electron chi connectivity index (χ4n) is 1.74. The maximum absolute atomic E-state index is 10.2. The fraction of sp³-hybridized carbons (Fsp3) is 0.0769. The van der Waals surface area contributed by atoms with Gasteiger partial charge in [0.25, 0.3) is 0 Å². The molecule has 3 aromatic rings. The summed E-state index contributed by atoms with van der Waals surface area (Å²) in [6.07, 6.45) is 2.14. The molecule has 1 unspecified atom stereocenters. The molecule has 0 aliphatic heterocycles. The molecular weight excluding hydrogens is 296 g/mol. The highest BCUT2D eigenvalue weighted by Gasteiger charge is 2.19. The maximum atomic E-state index is 10.2. The van der Waals surface area contributed by atoms with E-state index in [1.807, 2.05) is 24.3 Å². The molecule has 0 saturated heterocycles. The molecule has 5 heteroatoms. The van der Waals surface area contributed by atoms with E-state index < -0.39 is 6.10 Å². The number of aliphatic hydroxyl groups is 1. The molecule has 0 fully saturated rings. The number of aromatic nitrogens is 2. The van der Waals surface area contributed by atoms with Crippen molar-refractivity contribution in [2.45, 2.75) is 6.10 Å². The minimum atomic E-state index is -0.925. The van der Waals surface area contributed by atoms with E-state index in [4.69, 9.17) is 4.42 Å². The van der Waals surface area contributed by atoms with E-state index in [-0.39, 0.29) is 0 Å². The first-order valence-electron chi connectivity index (χ1n) is 5.38. The Morgan fingerprint density at radius 2 is 1.94 bits per heavy atom. The van der Waals surface area contributed by atoms with Gasteiger partial charge in [0, 0.05) is 0 Å². The number of fused-ring (bicyclic) bond motifs is 1. The summed E-state index contributed by atoms with van der Waals surface area (Å²) >= 11 is 3.31. The molecule has 0 radical (unpaired) electrons. The van der Waals surface area contributed by atoms with Gasteiger partial charge >= 0.3 is 0 Å². The van der Waals surface area contributed by atoms with Gasteiger partial charge in [0.05, 0.1) is 33.7 Å². The number of nitrogens with zero attached hydrogens (tertiary/aromatic N) is 2. The molecule has 0 aliphatic rings. The third-order valence-electron chi connectivity index (χ3n) is 2.64. The van der Waals surface area contributed by atoms with Gasteiger partial charge in [0.2, 0.25) is 0 Å². The molecular formula is C13H9BrN2O2. The highest BCUT2D eigenvalue weighted by molar-refractivity contribution is 9.10. The van der Waals surface area contributed by atoms with Gasteiger partial charge in [0.1, 0.15) is 0 Å². The standard InChI is InChI=1S/C13H9BrN2O2/c14-8-5-6-18-13(8)12(17)11-7-15-9-3-1-2-4-10(9)16-11/h1-7,12,17H. The molecule has 0 spiro atoms. The van der Waals surface area contributed by atoms with E-state index in [1.165, 1.54) is 6.26 Å². The topological polar surface area (TPSA) is 59.2 Å². The van der Waals surface area contributed by atoms with Gasteiger partial charge in [0.15, 0.2) is 11.9 Å². The zero-order valence-corrected chi connectivity index (χ0v) is 10.8. The van der Waals surface area contributed by atoms with Crippen LogP contribution in [-0.4, -0.2) is 15.1 Å². The number of aliphatic hydroxyl groups excluding tert-OH is 1. The van der Waals surface area contributed by atoms with E-state index in [9.17, 15) is 5.11 Å². The molecule has 1 N–H and O–H groups in total. The van der Waals surface area contributed by atoms with Crippen LogP contribution in [0.25, 0.3) is 11.0 Å². The number of benzene rings is 1. The van der Waals surface area contributed by atoms with Crippen LogP contribution in [-0.2, 0) is 0 Å². The minimum Gasteiger partial charge on any atom is -0.465 e. The Labute approximate surface area is 111 Å². The Bertz CT molecular complexity index is 696. The first kappa shape index (κ1) is 11.4. The predicted octanol–water partition coefficient (Wildman–Crippen LogP) is 3.07. The van der Waals surface area contributed by atoms with Gasteiger partial charge in [-0.05, 0) is 34.1 Å². The second kappa shape index (κ2) is 4.51. The summed E-state index contributed by atoms with van der Waals surface area (Å²) in [5, 5.41) is 10.2. The first-order chi connectivity index (χ1) is 8.75. The zero-order chi connectivity index (χ0) is 12.5. The molecule has 2 aromatic heterocycles. The van der Waals surface area contributed by atoms with Gasteiger partial charge in [-0.3, -0.25) is 4.98 Å². The van der Waals surface area contributed by atoms with Crippen molar-refractivity contribution >= 4 is 27.0 Å². The zero-order valence-electron chi connectivity index (χ0n) is 9.25. The predicted molar refractivity (Wildman–Crippen MR) is 70.0 cm³/mol. The Balaban J connectivity index is 2.07. The van der Waals surface area contributed by atoms with Crippen molar-refractivity contribution in [3.05, 3.63) is 58.7 Å². The Hall–Kier alpha value is -1.72. The lowest BCUT2D eigenvalue weighted by molar-refractivity contribution is 0.184. The van der Waals surface area contributed by atoms with Gasteiger partial charge in [-0.1, -0.05) is 12.1 Å². The van der Waals surface area contributed by atoms with Crippen LogP contribution >= 0.6 is 15.9 Å². The number of halogens is 1. The summed E-state index contributed by atoms with van der Waals surface area (Å²) in [6, 6.07) is 9.25. The summed E-state index contributed by atoms with van der Waals surface area (Å²) in [6.45, 7) is 0. The van der Waals surface area contributed by atoms with Crippen molar-refractivity contribution < 1.29 is 9.52 Å². The summed E-state index contributed by atoms with van der Waals surface area (Å²) in [7, 11) is 0. The third kappa shape index (κ3) is 1.91. The van der Waals surface area contributed by atoms with E-state index >= 15 is 0 Å². The highest BCUT2D eigenvalue weighted by Crippen LogP contribution is 2.28. The molecule has 0 saturated carbocycles. The lowest BCUT2D eigenvalue weighted by Gasteiger charge is -2.08.